The molecule has 30 heavy (non-hydrogen) atoms. The number of amides is 2. The number of rotatable bonds is 9. The SMILES string of the molecule is O=C(CCCCCN1C(=O)/C(=C\c2ccco2)SC1=S)Nc1ccccc1C(=O)O. The minimum atomic E-state index is -1.09. The van der Waals surface area contributed by atoms with Crippen LogP contribution in [0.5, 0.6) is 0 Å². The van der Waals surface area contributed by atoms with E-state index >= 15 is 0 Å². The fraction of sp³-hybridized carbons (Fsp3) is 0.238. The number of furan rings is 1. The molecule has 1 saturated heterocycles. The smallest absolute Gasteiger partial charge is 0.337 e. The summed E-state index contributed by atoms with van der Waals surface area (Å²) in [5, 5.41) is 11.8. The van der Waals surface area contributed by atoms with Gasteiger partial charge in [0.25, 0.3) is 5.91 Å². The molecule has 0 saturated carbocycles. The zero-order valence-corrected chi connectivity index (χ0v) is 17.6. The number of nitrogens with one attached hydrogen (secondary N) is 1. The quantitative estimate of drug-likeness (QED) is 0.336. The van der Waals surface area contributed by atoms with Crippen molar-refractivity contribution in [2.24, 2.45) is 0 Å². The van der Waals surface area contributed by atoms with E-state index in [0.717, 1.165) is 6.42 Å². The first-order chi connectivity index (χ1) is 14.5. The lowest BCUT2D eigenvalue weighted by Crippen LogP contribution is -2.29. The van der Waals surface area contributed by atoms with Crippen molar-refractivity contribution in [2.45, 2.75) is 25.7 Å². The van der Waals surface area contributed by atoms with Crippen molar-refractivity contribution in [3.8, 4) is 0 Å². The minimum Gasteiger partial charge on any atom is -0.478 e. The van der Waals surface area contributed by atoms with Crippen molar-refractivity contribution in [3.63, 3.8) is 0 Å². The Morgan fingerprint density at radius 3 is 2.70 bits per heavy atom. The Kier molecular flexibility index (Phi) is 7.42. The zero-order valence-electron chi connectivity index (χ0n) is 16.0. The molecule has 7 nitrogen and oxygen atoms in total. The van der Waals surface area contributed by atoms with E-state index in [2.05, 4.69) is 5.32 Å². The Bertz CT molecular complexity index is 985. The molecule has 2 amide bonds. The molecule has 9 heteroatoms. The second-order valence-corrected chi connectivity index (χ2v) is 8.23. The van der Waals surface area contributed by atoms with Gasteiger partial charge in [-0.15, -0.1) is 0 Å². The van der Waals surface area contributed by atoms with E-state index in [9.17, 15) is 14.4 Å². The highest BCUT2D eigenvalue weighted by molar-refractivity contribution is 8.26. The maximum atomic E-state index is 12.5. The highest BCUT2D eigenvalue weighted by Crippen LogP contribution is 2.32. The summed E-state index contributed by atoms with van der Waals surface area (Å²) in [7, 11) is 0. The van der Waals surface area contributed by atoms with E-state index in [4.69, 9.17) is 21.7 Å². The van der Waals surface area contributed by atoms with Crippen LogP contribution in [0.25, 0.3) is 6.08 Å². The van der Waals surface area contributed by atoms with Crippen LogP contribution in [0, 0.1) is 0 Å². The molecular formula is C21H20N2O5S2. The summed E-state index contributed by atoms with van der Waals surface area (Å²) in [5.41, 5.74) is 0.346. The number of carboxylic acid groups (broad SMARTS) is 1. The summed E-state index contributed by atoms with van der Waals surface area (Å²) < 4.78 is 5.75. The van der Waals surface area contributed by atoms with Crippen LogP contribution in [-0.4, -0.2) is 38.7 Å². The van der Waals surface area contributed by atoms with Crippen LogP contribution >= 0.6 is 24.0 Å². The van der Waals surface area contributed by atoms with E-state index < -0.39 is 5.97 Å². The maximum absolute atomic E-state index is 12.5. The highest BCUT2D eigenvalue weighted by atomic mass is 32.2. The zero-order chi connectivity index (χ0) is 21.5. The summed E-state index contributed by atoms with van der Waals surface area (Å²) >= 11 is 6.55. The highest BCUT2D eigenvalue weighted by Gasteiger charge is 2.31. The van der Waals surface area contributed by atoms with Crippen molar-refractivity contribution in [1.82, 2.24) is 4.90 Å². The molecule has 156 valence electrons. The molecular weight excluding hydrogens is 424 g/mol. The molecule has 0 aliphatic carbocycles. The van der Waals surface area contributed by atoms with Gasteiger partial charge in [-0.2, -0.15) is 0 Å². The van der Waals surface area contributed by atoms with Gasteiger partial charge in [0, 0.05) is 19.0 Å². The first-order valence-electron chi connectivity index (χ1n) is 9.37. The maximum Gasteiger partial charge on any atom is 0.337 e. The number of thioether (sulfide) groups is 1. The van der Waals surface area contributed by atoms with Crippen LogP contribution in [0.2, 0.25) is 0 Å². The van der Waals surface area contributed by atoms with Gasteiger partial charge in [-0.3, -0.25) is 14.5 Å². The second-order valence-electron chi connectivity index (χ2n) is 6.56. The van der Waals surface area contributed by atoms with Gasteiger partial charge in [0.2, 0.25) is 5.91 Å². The standard InChI is InChI=1S/C21H20N2O5S2/c24-18(22-16-9-4-3-8-15(16)20(26)27)10-2-1-5-11-23-19(25)17(30-21(23)29)13-14-7-6-12-28-14/h3-4,6-9,12-13H,1-2,5,10-11H2,(H,22,24)(H,26,27)/b17-13+. The van der Waals surface area contributed by atoms with E-state index in [1.54, 1.807) is 47.6 Å². The number of carboxylic acids is 1. The Morgan fingerprint density at radius 1 is 1.17 bits per heavy atom. The monoisotopic (exact) mass is 444 g/mol. The molecule has 0 bridgehead atoms. The van der Waals surface area contributed by atoms with E-state index in [1.165, 1.54) is 17.8 Å². The van der Waals surface area contributed by atoms with Crippen molar-refractivity contribution < 1.29 is 23.9 Å². The van der Waals surface area contributed by atoms with Gasteiger partial charge in [0.15, 0.2) is 0 Å². The number of benzene rings is 1. The molecule has 1 aliphatic rings. The molecule has 0 radical (unpaired) electrons. The van der Waals surface area contributed by atoms with Gasteiger partial charge < -0.3 is 14.8 Å². The number of unbranched alkanes of at least 4 members (excludes halogenated alkanes) is 2. The second kappa shape index (κ2) is 10.2. The van der Waals surface area contributed by atoms with Gasteiger partial charge in [0.05, 0.1) is 22.4 Å². The molecule has 1 aromatic heterocycles. The Morgan fingerprint density at radius 2 is 1.97 bits per heavy atom. The normalized spacial score (nSPS) is 15.1. The largest absolute Gasteiger partial charge is 0.478 e. The summed E-state index contributed by atoms with van der Waals surface area (Å²) in [6.07, 6.45) is 5.56. The fourth-order valence-electron chi connectivity index (χ4n) is 2.92. The van der Waals surface area contributed by atoms with Crippen LogP contribution in [-0.2, 0) is 9.59 Å². The molecule has 3 rings (SSSR count). The molecule has 1 fully saturated rings. The predicted molar refractivity (Wildman–Crippen MR) is 119 cm³/mol. The lowest BCUT2D eigenvalue weighted by molar-refractivity contribution is -0.122. The van der Waals surface area contributed by atoms with Gasteiger partial charge in [-0.1, -0.05) is 42.5 Å². The number of carbonyl (C=O) groups is 3. The Hall–Kier alpha value is -2.91. The van der Waals surface area contributed by atoms with E-state index in [0.29, 0.717) is 34.4 Å². The number of para-hydroxylation sites is 1. The van der Waals surface area contributed by atoms with Crippen LogP contribution < -0.4 is 5.32 Å². The number of anilines is 1. The van der Waals surface area contributed by atoms with Crippen LogP contribution in [0.15, 0.2) is 52.0 Å². The first kappa shape index (κ1) is 21.8. The topological polar surface area (TPSA) is 99.9 Å². The Balaban J connectivity index is 1.41. The van der Waals surface area contributed by atoms with Crippen LogP contribution in [0.4, 0.5) is 5.69 Å². The molecule has 0 spiro atoms. The number of nitrogens with zero attached hydrogens (tertiary/aromatic N) is 1. The van der Waals surface area contributed by atoms with Gasteiger partial charge in [-0.05, 0) is 37.1 Å². The lowest BCUT2D eigenvalue weighted by atomic mass is 10.1. The van der Waals surface area contributed by atoms with E-state index in [1.807, 2.05) is 0 Å². The number of aromatic carboxylic acids is 1. The van der Waals surface area contributed by atoms with Crippen molar-refractivity contribution in [1.29, 1.82) is 0 Å². The molecule has 1 aromatic carbocycles. The molecule has 2 aromatic rings. The van der Waals surface area contributed by atoms with Crippen molar-refractivity contribution in [2.75, 3.05) is 11.9 Å². The van der Waals surface area contributed by atoms with Crippen molar-refractivity contribution >= 4 is 57.8 Å². The van der Waals surface area contributed by atoms with Crippen LogP contribution in [0.3, 0.4) is 0 Å². The third-order valence-corrected chi connectivity index (χ3v) is 5.79. The fourth-order valence-corrected chi connectivity index (χ4v) is 4.21. The van der Waals surface area contributed by atoms with Gasteiger partial charge >= 0.3 is 5.97 Å². The Labute approximate surface area is 183 Å². The van der Waals surface area contributed by atoms with Crippen LogP contribution in [0.1, 0.15) is 41.8 Å². The predicted octanol–water partition coefficient (Wildman–Crippen LogP) is 4.38. The first-order valence-corrected chi connectivity index (χ1v) is 10.6. The summed E-state index contributed by atoms with van der Waals surface area (Å²) in [6, 6.07) is 9.81. The van der Waals surface area contributed by atoms with E-state index in [-0.39, 0.29) is 29.5 Å². The number of thiocarbonyl (C=S) groups is 1. The summed E-state index contributed by atoms with van der Waals surface area (Å²) in [6.45, 7) is 0.490. The molecule has 2 N–H and O–H groups in total. The van der Waals surface area contributed by atoms with Crippen molar-refractivity contribution in [3.05, 3.63) is 58.9 Å². The lowest BCUT2D eigenvalue weighted by Gasteiger charge is -2.14. The minimum absolute atomic E-state index is 0.0582. The third-order valence-electron chi connectivity index (χ3n) is 4.41. The molecule has 1 aliphatic heterocycles. The number of carbonyl (C=O) groups excluding carboxylic acids is 2. The molecule has 2 heterocycles. The summed E-state index contributed by atoms with van der Waals surface area (Å²) in [4.78, 5) is 37.9. The average Bonchev–Trinajstić information content (AvgIpc) is 3.31. The number of hydrogen-bond donors (Lipinski definition) is 2. The summed E-state index contributed by atoms with van der Waals surface area (Å²) in [5.74, 6) is -0.860. The van der Waals surface area contributed by atoms with Gasteiger partial charge in [0.1, 0.15) is 10.1 Å². The third kappa shape index (κ3) is 5.58. The molecule has 0 unspecified atom stereocenters. The molecule has 0 atom stereocenters. The number of hydrogen-bond acceptors (Lipinski definition) is 6. The van der Waals surface area contributed by atoms with Gasteiger partial charge in [-0.25, -0.2) is 4.79 Å². The average molecular weight is 445 g/mol.